The fourth-order valence-electron chi connectivity index (χ4n) is 0.870. The topological polar surface area (TPSA) is 122 Å². The van der Waals surface area contributed by atoms with Gasteiger partial charge in [0.25, 0.3) is 0 Å². The zero-order chi connectivity index (χ0) is 12.6. The second-order valence-electron chi connectivity index (χ2n) is 2.97. The maximum absolute atomic E-state index is 11.1. The molecule has 0 heterocycles. The second kappa shape index (κ2) is 7.80. The van der Waals surface area contributed by atoms with Crippen LogP contribution >= 0.6 is 11.8 Å². The Hall–Kier alpha value is -1.44. The molecule has 0 aliphatic heterocycles. The van der Waals surface area contributed by atoms with Gasteiger partial charge in [0.05, 0.1) is 6.54 Å². The number of hydrogen-bond acceptors (Lipinski definition) is 4. The molecule has 7 nitrogen and oxygen atoms in total. The monoisotopic (exact) mass is 249 g/mol. The summed E-state index contributed by atoms with van der Waals surface area (Å²) in [7, 11) is 0. The molecular weight excluding hydrogens is 234 g/mol. The van der Waals surface area contributed by atoms with Crippen molar-refractivity contribution in [1.29, 1.82) is 0 Å². The summed E-state index contributed by atoms with van der Waals surface area (Å²) in [6, 6.07) is -1.67. The van der Waals surface area contributed by atoms with E-state index in [0.29, 0.717) is 12.2 Å². The van der Waals surface area contributed by atoms with Gasteiger partial charge in [-0.15, -0.1) is 0 Å². The molecule has 0 unspecified atom stereocenters. The van der Waals surface area contributed by atoms with Gasteiger partial charge in [0, 0.05) is 0 Å². The summed E-state index contributed by atoms with van der Waals surface area (Å²) in [6.45, 7) is -0.319. The molecule has 0 radical (unpaired) electrons. The molecule has 0 aliphatic rings. The van der Waals surface area contributed by atoms with Crippen molar-refractivity contribution in [3.63, 3.8) is 0 Å². The zero-order valence-corrected chi connectivity index (χ0v) is 9.67. The van der Waals surface area contributed by atoms with Gasteiger partial charge in [-0.25, -0.2) is 9.59 Å². The van der Waals surface area contributed by atoms with E-state index in [4.69, 9.17) is 10.8 Å². The van der Waals surface area contributed by atoms with Crippen molar-refractivity contribution >= 4 is 29.7 Å². The van der Waals surface area contributed by atoms with Crippen LogP contribution in [-0.4, -0.2) is 47.6 Å². The summed E-state index contributed by atoms with van der Waals surface area (Å²) in [6.07, 6.45) is 2.16. The maximum atomic E-state index is 11.1. The first kappa shape index (κ1) is 14.6. The van der Waals surface area contributed by atoms with E-state index >= 15 is 0 Å². The number of carbonyl (C=O) groups excluding carboxylic acids is 2. The lowest BCUT2D eigenvalue weighted by Crippen LogP contribution is -2.48. The number of amides is 3. The SMILES string of the molecule is CSCC[C@@H](NC(=O)NCC(N)=O)C(=O)O. The first-order valence-electron chi connectivity index (χ1n) is 4.51. The number of rotatable bonds is 7. The molecule has 1 atom stereocenters. The number of nitrogens with one attached hydrogen (secondary N) is 2. The van der Waals surface area contributed by atoms with E-state index in [0.717, 1.165) is 0 Å². The molecule has 0 aromatic rings. The minimum Gasteiger partial charge on any atom is -0.480 e. The van der Waals surface area contributed by atoms with Crippen molar-refractivity contribution in [3.05, 3.63) is 0 Å². The minimum atomic E-state index is -1.11. The molecule has 0 saturated carbocycles. The zero-order valence-electron chi connectivity index (χ0n) is 8.86. The molecular formula is C8H15N3O4S. The molecule has 8 heteroatoms. The van der Waals surface area contributed by atoms with Crippen molar-refractivity contribution in [2.24, 2.45) is 5.73 Å². The molecule has 5 N–H and O–H groups in total. The summed E-state index contributed by atoms with van der Waals surface area (Å²) in [4.78, 5) is 32.2. The van der Waals surface area contributed by atoms with Crippen LogP contribution in [0.2, 0.25) is 0 Å². The van der Waals surface area contributed by atoms with Crippen LogP contribution in [0.5, 0.6) is 0 Å². The number of carboxylic acid groups (broad SMARTS) is 1. The predicted octanol–water partition coefficient (Wildman–Crippen LogP) is -1.02. The van der Waals surface area contributed by atoms with E-state index in [-0.39, 0.29) is 6.54 Å². The number of hydrogen-bond donors (Lipinski definition) is 4. The summed E-state index contributed by atoms with van der Waals surface area (Å²) in [5.74, 6) is -1.18. The molecule has 0 aromatic heterocycles. The smallest absolute Gasteiger partial charge is 0.326 e. The average molecular weight is 249 g/mol. The number of nitrogens with two attached hydrogens (primary N) is 1. The normalized spacial score (nSPS) is 11.6. The van der Waals surface area contributed by atoms with Crippen LogP contribution in [0.15, 0.2) is 0 Å². The van der Waals surface area contributed by atoms with Gasteiger partial charge in [-0.05, 0) is 18.4 Å². The van der Waals surface area contributed by atoms with Gasteiger partial charge in [-0.1, -0.05) is 0 Å². The number of carbonyl (C=O) groups is 3. The van der Waals surface area contributed by atoms with E-state index in [1.165, 1.54) is 11.8 Å². The minimum absolute atomic E-state index is 0.319. The van der Waals surface area contributed by atoms with E-state index in [1.807, 2.05) is 6.26 Å². The Morgan fingerprint density at radius 1 is 1.44 bits per heavy atom. The average Bonchev–Trinajstić information content (AvgIpc) is 2.20. The highest BCUT2D eigenvalue weighted by Crippen LogP contribution is 2.00. The summed E-state index contributed by atoms with van der Waals surface area (Å²) >= 11 is 1.48. The Bertz CT molecular complexity index is 272. The highest BCUT2D eigenvalue weighted by atomic mass is 32.2. The molecule has 0 saturated heterocycles. The molecule has 0 fully saturated rings. The lowest BCUT2D eigenvalue weighted by molar-refractivity contribution is -0.139. The molecule has 0 bridgehead atoms. The van der Waals surface area contributed by atoms with Crippen LogP contribution in [0.4, 0.5) is 4.79 Å². The van der Waals surface area contributed by atoms with Gasteiger partial charge in [0.15, 0.2) is 0 Å². The number of primary amides is 1. The number of thioether (sulfide) groups is 1. The van der Waals surface area contributed by atoms with E-state index in [1.54, 1.807) is 0 Å². The van der Waals surface area contributed by atoms with Crippen LogP contribution in [0, 0.1) is 0 Å². The van der Waals surface area contributed by atoms with Crippen molar-refractivity contribution in [2.45, 2.75) is 12.5 Å². The third-order valence-electron chi connectivity index (χ3n) is 1.64. The molecule has 0 aliphatic carbocycles. The molecule has 92 valence electrons. The lowest BCUT2D eigenvalue weighted by Gasteiger charge is -2.13. The van der Waals surface area contributed by atoms with Crippen LogP contribution in [0.1, 0.15) is 6.42 Å². The van der Waals surface area contributed by atoms with Gasteiger partial charge in [-0.3, -0.25) is 4.79 Å². The third kappa shape index (κ3) is 6.93. The second-order valence-corrected chi connectivity index (χ2v) is 3.95. The van der Waals surface area contributed by atoms with Crippen LogP contribution in [0.25, 0.3) is 0 Å². The third-order valence-corrected chi connectivity index (χ3v) is 2.28. The Kier molecular flexibility index (Phi) is 7.10. The van der Waals surface area contributed by atoms with Crippen molar-refractivity contribution < 1.29 is 19.5 Å². The summed E-state index contributed by atoms with van der Waals surface area (Å²) in [5, 5.41) is 13.2. The highest BCUT2D eigenvalue weighted by Gasteiger charge is 2.19. The van der Waals surface area contributed by atoms with Gasteiger partial charge in [0.2, 0.25) is 5.91 Å². The van der Waals surface area contributed by atoms with Gasteiger partial charge < -0.3 is 21.5 Å². The van der Waals surface area contributed by atoms with Gasteiger partial charge in [-0.2, -0.15) is 11.8 Å². The fraction of sp³-hybridized carbons (Fsp3) is 0.625. The Morgan fingerprint density at radius 3 is 2.50 bits per heavy atom. The van der Waals surface area contributed by atoms with E-state index < -0.39 is 23.9 Å². The molecule has 0 aromatic carbocycles. The Labute approximate surface area is 97.1 Å². The number of aliphatic carboxylic acids is 1. The fourth-order valence-corrected chi connectivity index (χ4v) is 1.34. The molecule has 16 heavy (non-hydrogen) atoms. The number of carboxylic acids is 1. The summed E-state index contributed by atoms with van der Waals surface area (Å²) < 4.78 is 0. The first-order valence-corrected chi connectivity index (χ1v) is 5.91. The van der Waals surface area contributed by atoms with Crippen molar-refractivity contribution in [2.75, 3.05) is 18.6 Å². The largest absolute Gasteiger partial charge is 0.480 e. The maximum Gasteiger partial charge on any atom is 0.326 e. The lowest BCUT2D eigenvalue weighted by atomic mass is 10.2. The Balaban J connectivity index is 4.02. The standard InChI is InChI=1S/C8H15N3O4S/c1-16-3-2-5(7(13)14)11-8(15)10-4-6(9)12/h5H,2-4H2,1H3,(H2,9,12)(H,13,14)(H2,10,11,15)/t5-/m1/s1. The van der Waals surface area contributed by atoms with E-state index in [9.17, 15) is 14.4 Å². The molecule has 3 amide bonds. The van der Waals surface area contributed by atoms with Gasteiger partial charge >= 0.3 is 12.0 Å². The number of urea groups is 1. The molecule has 0 spiro atoms. The molecule has 0 rings (SSSR count). The van der Waals surface area contributed by atoms with Crippen molar-refractivity contribution in [3.8, 4) is 0 Å². The Morgan fingerprint density at radius 2 is 2.06 bits per heavy atom. The first-order chi connectivity index (χ1) is 7.47. The quantitative estimate of drug-likeness (QED) is 0.460. The predicted molar refractivity (Wildman–Crippen MR) is 60.2 cm³/mol. The van der Waals surface area contributed by atoms with E-state index in [2.05, 4.69) is 10.6 Å². The van der Waals surface area contributed by atoms with Gasteiger partial charge in [0.1, 0.15) is 6.04 Å². The summed E-state index contributed by atoms with van der Waals surface area (Å²) in [5.41, 5.74) is 4.81. The van der Waals surface area contributed by atoms with Crippen LogP contribution in [-0.2, 0) is 9.59 Å². The van der Waals surface area contributed by atoms with Crippen LogP contribution in [0.3, 0.4) is 0 Å². The highest BCUT2D eigenvalue weighted by molar-refractivity contribution is 7.98. The van der Waals surface area contributed by atoms with Crippen molar-refractivity contribution in [1.82, 2.24) is 10.6 Å². The van der Waals surface area contributed by atoms with Crippen LogP contribution < -0.4 is 16.4 Å².